The minimum absolute atomic E-state index is 0.114. The molecule has 0 aromatic heterocycles. The zero-order valence-electron chi connectivity index (χ0n) is 15.6. The number of ether oxygens (including phenoxy) is 1. The number of halogens is 3. The number of amidine groups is 1. The number of carbonyl (C=O) groups excluding carboxylic acids is 2. The van der Waals surface area contributed by atoms with Gasteiger partial charge in [-0.25, -0.2) is 5.43 Å². The molecule has 0 aliphatic rings. The minimum Gasteiger partial charge on any atom is -0.466 e. The lowest BCUT2D eigenvalue weighted by Crippen LogP contribution is -2.26. The summed E-state index contributed by atoms with van der Waals surface area (Å²) in [6.45, 7) is 1.86. The molecule has 0 saturated carbocycles. The summed E-state index contributed by atoms with van der Waals surface area (Å²) < 4.78 is 42.8. The van der Waals surface area contributed by atoms with Crippen LogP contribution in [-0.4, -0.2) is 24.3 Å². The Kier molecular flexibility index (Phi) is 7.35. The molecule has 0 fully saturated rings. The van der Waals surface area contributed by atoms with Gasteiger partial charge in [-0.15, -0.1) is 0 Å². The van der Waals surface area contributed by atoms with Crippen molar-refractivity contribution < 1.29 is 27.5 Å². The predicted octanol–water partition coefficient (Wildman–Crippen LogP) is 3.25. The van der Waals surface area contributed by atoms with Gasteiger partial charge in [-0.05, 0) is 42.7 Å². The first-order valence-corrected chi connectivity index (χ1v) is 8.72. The van der Waals surface area contributed by atoms with Gasteiger partial charge in [-0.3, -0.25) is 9.59 Å². The predicted molar refractivity (Wildman–Crippen MR) is 101 cm³/mol. The Hall–Kier alpha value is -3.36. The average molecular weight is 407 g/mol. The molecule has 0 saturated heterocycles. The summed E-state index contributed by atoms with van der Waals surface area (Å²) in [7, 11) is 0. The van der Waals surface area contributed by atoms with E-state index in [0.717, 1.165) is 12.1 Å². The van der Waals surface area contributed by atoms with E-state index in [-0.39, 0.29) is 25.3 Å². The Bertz CT molecular complexity index is 894. The monoisotopic (exact) mass is 407 g/mol. The number of amides is 1. The number of nitrogens with one attached hydrogen (secondary N) is 1. The van der Waals surface area contributed by atoms with Crippen molar-refractivity contribution in [1.29, 1.82) is 0 Å². The molecule has 0 aliphatic carbocycles. The van der Waals surface area contributed by atoms with E-state index in [4.69, 9.17) is 10.5 Å². The van der Waals surface area contributed by atoms with Crippen molar-refractivity contribution in [2.75, 3.05) is 6.61 Å². The van der Waals surface area contributed by atoms with Gasteiger partial charge in [0.2, 0.25) is 0 Å². The van der Waals surface area contributed by atoms with Crippen LogP contribution in [0.25, 0.3) is 0 Å². The summed E-state index contributed by atoms with van der Waals surface area (Å²) in [6.07, 6.45) is -4.41. The van der Waals surface area contributed by atoms with E-state index >= 15 is 0 Å². The molecule has 2 rings (SSSR count). The van der Waals surface area contributed by atoms with Gasteiger partial charge in [-0.1, -0.05) is 30.3 Å². The highest BCUT2D eigenvalue weighted by atomic mass is 19.4. The maximum atomic E-state index is 12.7. The molecule has 154 valence electrons. The second-order valence-electron chi connectivity index (χ2n) is 6.05. The van der Waals surface area contributed by atoms with E-state index in [0.29, 0.717) is 16.7 Å². The normalized spacial score (nSPS) is 11.8. The number of nitrogens with zero attached hydrogens (tertiary/aromatic N) is 1. The smallest absolute Gasteiger partial charge is 0.416 e. The van der Waals surface area contributed by atoms with Crippen molar-refractivity contribution in [2.24, 2.45) is 10.8 Å². The number of benzene rings is 2. The van der Waals surface area contributed by atoms with Crippen LogP contribution in [0.1, 0.15) is 40.4 Å². The molecule has 3 N–H and O–H groups in total. The van der Waals surface area contributed by atoms with Crippen molar-refractivity contribution in [1.82, 2.24) is 5.43 Å². The van der Waals surface area contributed by atoms with E-state index in [1.807, 2.05) is 0 Å². The van der Waals surface area contributed by atoms with E-state index in [2.05, 4.69) is 10.5 Å². The summed E-state index contributed by atoms with van der Waals surface area (Å²) in [5, 5.41) is 3.68. The lowest BCUT2D eigenvalue weighted by Gasteiger charge is -2.10. The van der Waals surface area contributed by atoms with Gasteiger partial charge >= 0.3 is 12.1 Å². The van der Waals surface area contributed by atoms with Crippen LogP contribution in [0.2, 0.25) is 0 Å². The highest BCUT2D eigenvalue weighted by Gasteiger charge is 2.29. The van der Waals surface area contributed by atoms with Crippen LogP contribution >= 0.6 is 0 Å². The zero-order valence-corrected chi connectivity index (χ0v) is 15.6. The van der Waals surface area contributed by atoms with Gasteiger partial charge in [0, 0.05) is 5.56 Å². The van der Waals surface area contributed by atoms with E-state index < -0.39 is 23.6 Å². The van der Waals surface area contributed by atoms with Gasteiger partial charge < -0.3 is 10.5 Å². The first-order chi connectivity index (χ1) is 13.7. The standard InChI is InChI=1S/C20H20F3N3O3/c1-2-29-18(27)12-17(24)25-26-19(28)16-6-4-3-5-14(16)11-13-7-9-15(10-8-13)20(21,22)23/h3-10H,2,11-12H2,1H3,(H2,24,25)(H,26,28). The van der Waals surface area contributed by atoms with Gasteiger partial charge in [0.15, 0.2) is 0 Å². The minimum atomic E-state index is -4.40. The average Bonchev–Trinajstić information content (AvgIpc) is 2.66. The SMILES string of the molecule is CCOC(=O)CC(N)=NNC(=O)c1ccccc1Cc1ccc(C(F)(F)F)cc1. The molecule has 29 heavy (non-hydrogen) atoms. The highest BCUT2D eigenvalue weighted by molar-refractivity contribution is 5.99. The van der Waals surface area contributed by atoms with Crippen LogP contribution in [0.3, 0.4) is 0 Å². The fourth-order valence-corrected chi connectivity index (χ4v) is 2.51. The Morgan fingerprint density at radius 2 is 1.76 bits per heavy atom. The van der Waals surface area contributed by atoms with Crippen molar-refractivity contribution in [2.45, 2.75) is 25.9 Å². The molecule has 0 bridgehead atoms. The van der Waals surface area contributed by atoms with Gasteiger partial charge in [0.25, 0.3) is 5.91 Å². The molecule has 0 spiro atoms. The Labute approximate surface area is 165 Å². The van der Waals surface area contributed by atoms with Crippen LogP contribution in [0.15, 0.2) is 53.6 Å². The van der Waals surface area contributed by atoms with Crippen molar-refractivity contribution >= 4 is 17.7 Å². The second-order valence-corrected chi connectivity index (χ2v) is 6.05. The van der Waals surface area contributed by atoms with Crippen LogP contribution in [0, 0.1) is 0 Å². The largest absolute Gasteiger partial charge is 0.466 e. The fourth-order valence-electron chi connectivity index (χ4n) is 2.51. The summed E-state index contributed by atoms with van der Waals surface area (Å²) in [4.78, 5) is 23.8. The molecular weight excluding hydrogens is 387 g/mol. The third kappa shape index (κ3) is 6.63. The van der Waals surface area contributed by atoms with E-state index in [9.17, 15) is 22.8 Å². The topological polar surface area (TPSA) is 93.8 Å². The summed E-state index contributed by atoms with van der Waals surface area (Å²) in [5.41, 5.74) is 8.62. The zero-order chi connectivity index (χ0) is 21.4. The quantitative estimate of drug-likeness (QED) is 0.319. The molecule has 0 unspecified atom stereocenters. The third-order valence-electron chi connectivity index (χ3n) is 3.87. The lowest BCUT2D eigenvalue weighted by atomic mass is 9.98. The Morgan fingerprint density at radius 3 is 2.38 bits per heavy atom. The maximum absolute atomic E-state index is 12.7. The molecule has 0 heterocycles. The molecule has 0 radical (unpaired) electrons. The number of esters is 1. The number of nitrogens with two attached hydrogens (primary N) is 1. The molecular formula is C20H20F3N3O3. The number of hydrazone groups is 1. The first kappa shape index (κ1) is 21.9. The molecule has 6 nitrogen and oxygen atoms in total. The lowest BCUT2D eigenvalue weighted by molar-refractivity contribution is -0.141. The first-order valence-electron chi connectivity index (χ1n) is 8.72. The van der Waals surface area contributed by atoms with Gasteiger partial charge in [0.1, 0.15) is 12.3 Å². The van der Waals surface area contributed by atoms with Gasteiger partial charge in [0.05, 0.1) is 12.2 Å². The highest BCUT2D eigenvalue weighted by Crippen LogP contribution is 2.29. The van der Waals surface area contributed by atoms with Crippen molar-refractivity contribution in [3.8, 4) is 0 Å². The number of hydrogen-bond acceptors (Lipinski definition) is 4. The number of alkyl halides is 3. The summed E-state index contributed by atoms with van der Waals surface area (Å²) in [5.74, 6) is -1.23. The fraction of sp³-hybridized carbons (Fsp3) is 0.250. The van der Waals surface area contributed by atoms with Crippen LogP contribution in [-0.2, 0) is 22.1 Å². The molecule has 0 aliphatic heterocycles. The van der Waals surface area contributed by atoms with E-state index in [1.54, 1.807) is 31.2 Å². The summed E-state index contributed by atoms with van der Waals surface area (Å²) in [6, 6.07) is 11.4. The number of rotatable bonds is 7. The maximum Gasteiger partial charge on any atom is 0.416 e. The Morgan fingerprint density at radius 1 is 1.10 bits per heavy atom. The molecule has 1 amide bonds. The summed E-state index contributed by atoms with van der Waals surface area (Å²) >= 11 is 0. The third-order valence-corrected chi connectivity index (χ3v) is 3.87. The Balaban J connectivity index is 2.10. The molecule has 0 atom stereocenters. The van der Waals surface area contributed by atoms with Gasteiger partial charge in [-0.2, -0.15) is 18.3 Å². The van der Waals surface area contributed by atoms with E-state index in [1.165, 1.54) is 12.1 Å². The molecule has 9 heteroatoms. The van der Waals surface area contributed by atoms with Crippen molar-refractivity contribution in [3.05, 3.63) is 70.8 Å². The number of carbonyl (C=O) groups is 2. The molecule has 2 aromatic carbocycles. The molecule has 2 aromatic rings. The second kappa shape index (κ2) is 9.72. The van der Waals surface area contributed by atoms with Crippen LogP contribution in [0.5, 0.6) is 0 Å². The van der Waals surface area contributed by atoms with Crippen LogP contribution in [0.4, 0.5) is 13.2 Å². The number of hydrogen-bond donors (Lipinski definition) is 2. The van der Waals surface area contributed by atoms with Crippen molar-refractivity contribution in [3.63, 3.8) is 0 Å². The van der Waals surface area contributed by atoms with Crippen LogP contribution < -0.4 is 11.2 Å².